The monoisotopic (exact) mass is 351 g/mol. The third-order valence-corrected chi connectivity index (χ3v) is 5.67. The molecule has 0 amide bonds. The van der Waals surface area contributed by atoms with Gasteiger partial charge in [-0.2, -0.15) is 13.5 Å². The maximum Gasteiger partial charge on any atom is 0.276 e. The number of hydrazone groups is 1. The lowest BCUT2D eigenvalue weighted by atomic mass is 10.4. The van der Waals surface area contributed by atoms with Gasteiger partial charge in [-0.05, 0) is 24.3 Å². The lowest BCUT2D eigenvalue weighted by Gasteiger charge is -2.27. The molecular formula is C15H17N3O3S2. The fraction of sp³-hybridized carbons (Fsp3) is 0.267. The van der Waals surface area contributed by atoms with Crippen LogP contribution in [-0.4, -0.2) is 40.9 Å². The Balaban J connectivity index is 1.63. The fourth-order valence-corrected chi connectivity index (χ4v) is 3.92. The first kappa shape index (κ1) is 16.0. The largest absolute Gasteiger partial charge is 0.378 e. The van der Waals surface area contributed by atoms with Gasteiger partial charge in [0.15, 0.2) is 0 Å². The van der Waals surface area contributed by atoms with E-state index in [1.165, 1.54) is 18.3 Å². The zero-order valence-electron chi connectivity index (χ0n) is 12.4. The Morgan fingerprint density at radius 3 is 2.61 bits per heavy atom. The molecular weight excluding hydrogens is 334 g/mol. The summed E-state index contributed by atoms with van der Waals surface area (Å²) in [5, 5.41) is 4.99. The van der Waals surface area contributed by atoms with Crippen molar-refractivity contribution in [2.24, 2.45) is 5.10 Å². The number of rotatable bonds is 5. The summed E-state index contributed by atoms with van der Waals surface area (Å²) in [5.41, 5.74) is 0. The Bertz CT molecular complexity index is 766. The Morgan fingerprint density at radius 2 is 1.87 bits per heavy atom. The highest BCUT2D eigenvalue weighted by molar-refractivity contribution is 7.89. The van der Waals surface area contributed by atoms with Crippen molar-refractivity contribution < 1.29 is 13.2 Å². The molecule has 0 bridgehead atoms. The topological polar surface area (TPSA) is 71.0 Å². The van der Waals surface area contributed by atoms with Crippen LogP contribution in [0.15, 0.2) is 52.5 Å². The molecule has 6 nitrogen and oxygen atoms in total. The Kier molecular flexibility index (Phi) is 4.94. The molecule has 0 saturated carbocycles. The van der Waals surface area contributed by atoms with Gasteiger partial charge in [0.05, 0.1) is 29.3 Å². The second-order valence-electron chi connectivity index (χ2n) is 4.94. The van der Waals surface area contributed by atoms with Gasteiger partial charge in [-0.25, -0.2) is 4.83 Å². The highest BCUT2D eigenvalue weighted by atomic mass is 32.2. The van der Waals surface area contributed by atoms with E-state index in [0.717, 1.165) is 36.2 Å². The third kappa shape index (κ3) is 4.10. The molecule has 1 aliphatic heterocycles. The Morgan fingerprint density at radius 1 is 1.13 bits per heavy atom. The summed E-state index contributed by atoms with van der Waals surface area (Å²) in [6.45, 7) is 3.21. The molecule has 1 aromatic heterocycles. The van der Waals surface area contributed by atoms with E-state index in [0.29, 0.717) is 0 Å². The van der Waals surface area contributed by atoms with Crippen LogP contribution in [-0.2, 0) is 14.8 Å². The summed E-state index contributed by atoms with van der Waals surface area (Å²) in [5.74, 6) is 0. The molecule has 1 saturated heterocycles. The first-order valence-electron chi connectivity index (χ1n) is 7.18. The van der Waals surface area contributed by atoms with Gasteiger partial charge >= 0.3 is 0 Å². The van der Waals surface area contributed by atoms with E-state index in [-0.39, 0.29) is 4.90 Å². The highest BCUT2D eigenvalue weighted by Gasteiger charge is 2.13. The summed E-state index contributed by atoms with van der Waals surface area (Å²) in [4.78, 5) is 5.56. The van der Waals surface area contributed by atoms with E-state index >= 15 is 0 Å². The van der Waals surface area contributed by atoms with Crippen LogP contribution in [0.3, 0.4) is 0 Å². The zero-order chi connectivity index (χ0) is 16.1. The average molecular weight is 351 g/mol. The predicted molar refractivity (Wildman–Crippen MR) is 91.7 cm³/mol. The van der Waals surface area contributed by atoms with Crippen LogP contribution in [0.25, 0.3) is 0 Å². The Labute approximate surface area is 139 Å². The molecule has 23 heavy (non-hydrogen) atoms. The first-order valence-corrected chi connectivity index (χ1v) is 9.47. The minimum atomic E-state index is -3.61. The molecule has 2 heterocycles. The van der Waals surface area contributed by atoms with Crippen molar-refractivity contribution in [3.8, 4) is 0 Å². The summed E-state index contributed by atoms with van der Waals surface area (Å²) in [6, 6.07) is 12.1. The number of sulfonamides is 1. The highest BCUT2D eigenvalue weighted by Crippen LogP contribution is 2.25. The number of hydrogen-bond acceptors (Lipinski definition) is 6. The molecule has 0 spiro atoms. The molecule has 2 aromatic rings. The summed E-state index contributed by atoms with van der Waals surface area (Å²) in [6.07, 6.45) is 1.52. The lowest BCUT2D eigenvalue weighted by molar-refractivity contribution is 0.123. The molecule has 0 unspecified atom stereocenters. The maximum absolute atomic E-state index is 12.0. The van der Waals surface area contributed by atoms with E-state index in [1.807, 2.05) is 12.1 Å². The number of thiophene rings is 1. The number of nitrogens with zero attached hydrogens (tertiary/aromatic N) is 2. The number of anilines is 1. The number of ether oxygens (including phenoxy) is 1. The minimum absolute atomic E-state index is 0.192. The van der Waals surface area contributed by atoms with Crippen LogP contribution in [0.5, 0.6) is 0 Å². The smallest absolute Gasteiger partial charge is 0.276 e. The van der Waals surface area contributed by atoms with Crippen LogP contribution in [0.2, 0.25) is 0 Å². The van der Waals surface area contributed by atoms with E-state index in [9.17, 15) is 8.42 Å². The normalized spacial score (nSPS) is 15.9. The SMILES string of the molecule is O=S(=O)(N/N=C/c1ccc(N2CCOCC2)s1)c1ccccc1. The predicted octanol–water partition coefficient (Wildman–Crippen LogP) is 1.90. The van der Waals surface area contributed by atoms with Crippen molar-refractivity contribution in [1.29, 1.82) is 0 Å². The molecule has 1 aromatic carbocycles. The molecule has 0 atom stereocenters. The van der Waals surface area contributed by atoms with Crippen molar-refractivity contribution in [2.75, 3.05) is 31.2 Å². The van der Waals surface area contributed by atoms with Gasteiger partial charge in [0, 0.05) is 18.0 Å². The third-order valence-electron chi connectivity index (χ3n) is 3.35. The standard InChI is InChI=1S/C15H17N3O3S2/c19-23(20,14-4-2-1-3-5-14)17-16-12-13-6-7-15(22-13)18-8-10-21-11-9-18/h1-7,12,17H,8-11H2/b16-12+. The van der Waals surface area contributed by atoms with E-state index in [1.54, 1.807) is 29.5 Å². The van der Waals surface area contributed by atoms with Crippen LogP contribution in [0.1, 0.15) is 4.88 Å². The Hall–Kier alpha value is -1.90. The summed E-state index contributed by atoms with van der Waals surface area (Å²) < 4.78 is 29.4. The van der Waals surface area contributed by atoms with Gasteiger partial charge in [-0.3, -0.25) is 0 Å². The second kappa shape index (κ2) is 7.12. The van der Waals surface area contributed by atoms with Gasteiger partial charge < -0.3 is 9.64 Å². The van der Waals surface area contributed by atoms with Gasteiger partial charge in [0.2, 0.25) is 0 Å². The van der Waals surface area contributed by atoms with Crippen molar-refractivity contribution >= 4 is 32.6 Å². The maximum atomic E-state index is 12.0. The van der Waals surface area contributed by atoms with E-state index in [2.05, 4.69) is 14.8 Å². The van der Waals surface area contributed by atoms with Crippen molar-refractivity contribution in [1.82, 2.24) is 4.83 Å². The average Bonchev–Trinajstić information content (AvgIpc) is 3.05. The number of nitrogens with one attached hydrogen (secondary N) is 1. The first-order chi connectivity index (χ1) is 11.1. The van der Waals surface area contributed by atoms with Gasteiger partial charge in [-0.15, -0.1) is 11.3 Å². The van der Waals surface area contributed by atoms with Crippen LogP contribution in [0.4, 0.5) is 5.00 Å². The van der Waals surface area contributed by atoms with E-state index in [4.69, 9.17) is 4.74 Å². The van der Waals surface area contributed by atoms with Gasteiger partial charge in [0.25, 0.3) is 10.0 Å². The van der Waals surface area contributed by atoms with Crippen molar-refractivity contribution in [2.45, 2.75) is 4.90 Å². The molecule has 3 rings (SSSR count). The van der Waals surface area contributed by atoms with Gasteiger partial charge in [0.1, 0.15) is 0 Å². The lowest BCUT2D eigenvalue weighted by Crippen LogP contribution is -2.35. The molecule has 1 aliphatic rings. The molecule has 1 N–H and O–H groups in total. The minimum Gasteiger partial charge on any atom is -0.378 e. The molecule has 8 heteroatoms. The summed E-state index contributed by atoms with van der Waals surface area (Å²) in [7, 11) is -3.61. The van der Waals surface area contributed by atoms with Crippen LogP contribution in [0, 0.1) is 0 Å². The fourth-order valence-electron chi connectivity index (χ4n) is 2.18. The van der Waals surface area contributed by atoms with Crippen LogP contribution >= 0.6 is 11.3 Å². The van der Waals surface area contributed by atoms with Crippen molar-refractivity contribution in [3.05, 3.63) is 47.3 Å². The van der Waals surface area contributed by atoms with E-state index < -0.39 is 10.0 Å². The van der Waals surface area contributed by atoms with Crippen LogP contribution < -0.4 is 9.73 Å². The molecule has 0 aliphatic carbocycles. The number of hydrogen-bond donors (Lipinski definition) is 1. The summed E-state index contributed by atoms with van der Waals surface area (Å²) >= 11 is 1.57. The molecule has 1 fully saturated rings. The second-order valence-corrected chi connectivity index (χ2v) is 7.70. The molecule has 122 valence electrons. The zero-order valence-corrected chi connectivity index (χ0v) is 14.0. The van der Waals surface area contributed by atoms with Crippen molar-refractivity contribution in [3.63, 3.8) is 0 Å². The van der Waals surface area contributed by atoms with Gasteiger partial charge in [-0.1, -0.05) is 18.2 Å². The number of benzene rings is 1. The molecule has 0 radical (unpaired) electrons. The quantitative estimate of drug-likeness (QED) is 0.660. The number of morpholine rings is 1.